The minimum Gasteiger partial charge on any atom is -0.477 e. The topological polar surface area (TPSA) is 102 Å². The highest BCUT2D eigenvalue weighted by atomic mass is 35.5. The van der Waals surface area contributed by atoms with E-state index in [9.17, 15) is 9.90 Å². The standard InChI is InChI=1S/C30H34ClN5O4/c1-3-26(30(37)38)34-29-20(2)32-27(36(29)18-25-13-16-39-25)19-35-14-11-24(12-15-35)40-28-6-4-5-23(33-28)17-21-7-9-22(31)10-8-21/h3-10,24-25H,1,11-19H2,2H3,(H,37,38)/b34-26+. The van der Waals surface area contributed by atoms with Gasteiger partial charge in [0.2, 0.25) is 5.88 Å². The van der Waals surface area contributed by atoms with Crippen molar-refractivity contribution < 1.29 is 19.4 Å². The molecule has 5 rings (SSSR count). The molecule has 0 saturated carbocycles. The largest absolute Gasteiger partial charge is 0.477 e. The van der Waals surface area contributed by atoms with Crippen molar-refractivity contribution in [1.82, 2.24) is 19.4 Å². The number of aliphatic imine (C=N–C) groups is 1. The fourth-order valence-corrected chi connectivity index (χ4v) is 5.12. The first-order valence-corrected chi connectivity index (χ1v) is 14.0. The molecule has 9 nitrogen and oxygen atoms in total. The summed E-state index contributed by atoms with van der Waals surface area (Å²) in [6, 6.07) is 13.7. The van der Waals surface area contributed by atoms with Crippen molar-refractivity contribution in [1.29, 1.82) is 0 Å². The van der Waals surface area contributed by atoms with Crippen LogP contribution in [0.1, 0.15) is 42.0 Å². The molecule has 4 heterocycles. The van der Waals surface area contributed by atoms with Crippen LogP contribution < -0.4 is 4.74 Å². The highest BCUT2D eigenvalue weighted by Gasteiger charge is 2.27. The number of aryl methyl sites for hydroxylation is 1. The summed E-state index contributed by atoms with van der Waals surface area (Å²) in [4.78, 5) is 27.8. The number of carbonyl (C=O) groups is 1. The molecule has 10 heteroatoms. The molecule has 1 unspecified atom stereocenters. The second-order valence-electron chi connectivity index (χ2n) is 10.2. The van der Waals surface area contributed by atoms with Gasteiger partial charge in [0.1, 0.15) is 17.6 Å². The number of halogens is 1. The Labute approximate surface area is 239 Å². The van der Waals surface area contributed by atoms with Crippen molar-refractivity contribution in [3.8, 4) is 5.88 Å². The zero-order chi connectivity index (χ0) is 28.1. The Hall–Kier alpha value is -3.53. The van der Waals surface area contributed by atoms with Gasteiger partial charge in [-0.1, -0.05) is 36.4 Å². The van der Waals surface area contributed by atoms with E-state index >= 15 is 0 Å². The predicted molar refractivity (Wildman–Crippen MR) is 154 cm³/mol. The van der Waals surface area contributed by atoms with Crippen molar-refractivity contribution in [2.75, 3.05) is 19.7 Å². The summed E-state index contributed by atoms with van der Waals surface area (Å²) in [6.07, 6.45) is 4.86. The second kappa shape index (κ2) is 12.8. The second-order valence-corrected chi connectivity index (χ2v) is 10.6. The molecule has 1 aromatic carbocycles. The smallest absolute Gasteiger partial charge is 0.354 e. The van der Waals surface area contributed by atoms with E-state index in [4.69, 9.17) is 31.0 Å². The zero-order valence-electron chi connectivity index (χ0n) is 22.6. The molecule has 40 heavy (non-hydrogen) atoms. The first-order valence-electron chi connectivity index (χ1n) is 13.6. The van der Waals surface area contributed by atoms with Gasteiger partial charge in [-0.15, -0.1) is 0 Å². The SMILES string of the molecule is C=C/C(=N\c1c(C)nc(CN2CCC(Oc3cccc(Cc4ccc(Cl)cc4)n3)CC2)n1CC1CCO1)C(=O)O. The molecule has 0 amide bonds. The first kappa shape index (κ1) is 28.0. The molecule has 0 bridgehead atoms. The third-order valence-corrected chi connectivity index (χ3v) is 7.52. The number of rotatable bonds is 11. The number of ether oxygens (including phenoxy) is 2. The van der Waals surface area contributed by atoms with Gasteiger partial charge in [0.05, 0.1) is 24.9 Å². The van der Waals surface area contributed by atoms with Crippen LogP contribution in [0, 0.1) is 6.92 Å². The number of hydrogen-bond donors (Lipinski definition) is 1. The number of carboxylic acids is 1. The van der Waals surface area contributed by atoms with Crippen molar-refractivity contribution in [2.45, 2.75) is 57.9 Å². The quantitative estimate of drug-likeness (QED) is 0.327. The summed E-state index contributed by atoms with van der Waals surface area (Å²) in [5, 5.41) is 10.2. The molecule has 210 valence electrons. The maximum absolute atomic E-state index is 11.6. The minimum atomic E-state index is -1.12. The number of imidazole rings is 1. The van der Waals surface area contributed by atoms with Gasteiger partial charge in [-0.2, -0.15) is 0 Å². The molecule has 0 radical (unpaired) electrons. The Bertz CT molecular complexity index is 1380. The third-order valence-electron chi connectivity index (χ3n) is 7.27. The molecule has 2 aliphatic heterocycles. The Morgan fingerprint density at radius 2 is 1.95 bits per heavy atom. The van der Waals surface area contributed by atoms with Crippen LogP contribution in [0.3, 0.4) is 0 Å². The van der Waals surface area contributed by atoms with E-state index in [-0.39, 0.29) is 17.9 Å². The molecular weight excluding hydrogens is 530 g/mol. The minimum absolute atomic E-state index is 0.0837. The number of piperidine rings is 1. The van der Waals surface area contributed by atoms with Crippen LogP contribution in [-0.2, 0) is 29.0 Å². The summed E-state index contributed by atoms with van der Waals surface area (Å²) in [7, 11) is 0. The molecule has 2 fully saturated rings. The van der Waals surface area contributed by atoms with E-state index in [0.717, 1.165) is 67.5 Å². The third kappa shape index (κ3) is 6.96. The first-order chi connectivity index (χ1) is 19.4. The number of benzene rings is 1. The van der Waals surface area contributed by atoms with E-state index in [1.807, 2.05) is 54.0 Å². The lowest BCUT2D eigenvalue weighted by atomic mass is 10.1. The molecule has 0 spiro atoms. The zero-order valence-corrected chi connectivity index (χ0v) is 23.4. The number of nitrogens with zero attached hydrogens (tertiary/aromatic N) is 5. The van der Waals surface area contributed by atoms with Crippen LogP contribution in [0.25, 0.3) is 0 Å². The maximum Gasteiger partial charge on any atom is 0.354 e. The number of aromatic nitrogens is 3. The maximum atomic E-state index is 11.6. The normalized spacial score (nSPS) is 18.4. The van der Waals surface area contributed by atoms with Crippen LogP contribution >= 0.6 is 11.6 Å². The van der Waals surface area contributed by atoms with Crippen molar-refractivity contribution in [3.63, 3.8) is 0 Å². The lowest BCUT2D eigenvalue weighted by molar-refractivity contribution is -0.129. The molecule has 1 atom stereocenters. The summed E-state index contributed by atoms with van der Waals surface area (Å²) in [5.74, 6) is 0.938. The number of carboxylic acid groups (broad SMARTS) is 1. The van der Waals surface area contributed by atoms with Gasteiger partial charge in [-0.3, -0.25) is 4.90 Å². The van der Waals surface area contributed by atoms with E-state index in [1.165, 1.54) is 6.08 Å². The highest BCUT2D eigenvalue weighted by molar-refractivity contribution is 6.40. The van der Waals surface area contributed by atoms with Gasteiger partial charge >= 0.3 is 5.97 Å². The predicted octanol–water partition coefficient (Wildman–Crippen LogP) is 5.01. The molecule has 2 saturated heterocycles. The summed E-state index contributed by atoms with van der Waals surface area (Å²) in [6.45, 7) is 9.14. The van der Waals surface area contributed by atoms with Gasteiger partial charge in [-0.05, 0) is 56.0 Å². The monoisotopic (exact) mass is 563 g/mol. The van der Waals surface area contributed by atoms with Gasteiger partial charge in [0.25, 0.3) is 0 Å². The van der Waals surface area contributed by atoms with Crippen LogP contribution in [-0.4, -0.2) is 68.1 Å². The van der Waals surface area contributed by atoms with Crippen LogP contribution in [0.5, 0.6) is 5.88 Å². The molecular formula is C30H34ClN5O4. The molecule has 1 N–H and O–H groups in total. The van der Waals surface area contributed by atoms with E-state index < -0.39 is 5.97 Å². The van der Waals surface area contributed by atoms with Crippen molar-refractivity contribution in [2.24, 2.45) is 4.99 Å². The van der Waals surface area contributed by atoms with Crippen molar-refractivity contribution in [3.05, 3.63) is 82.9 Å². The molecule has 2 aromatic heterocycles. The van der Waals surface area contributed by atoms with E-state index in [1.54, 1.807) is 0 Å². The Balaban J connectivity index is 1.21. The molecule has 0 aliphatic carbocycles. The fourth-order valence-electron chi connectivity index (χ4n) is 4.99. The van der Waals surface area contributed by atoms with Crippen LogP contribution in [0.4, 0.5) is 5.82 Å². The molecule has 2 aliphatic rings. The Morgan fingerprint density at radius 1 is 1.20 bits per heavy atom. The fraction of sp³-hybridized carbons (Fsp3) is 0.400. The van der Waals surface area contributed by atoms with Crippen molar-refractivity contribution >= 4 is 29.1 Å². The van der Waals surface area contributed by atoms with Crippen LogP contribution in [0.15, 0.2) is 60.1 Å². The van der Waals surface area contributed by atoms with Gasteiger partial charge in [0, 0.05) is 42.9 Å². The summed E-state index contributed by atoms with van der Waals surface area (Å²) in [5.41, 5.74) is 2.69. The number of hydrogen-bond acceptors (Lipinski definition) is 7. The van der Waals surface area contributed by atoms with E-state index in [0.29, 0.717) is 30.5 Å². The van der Waals surface area contributed by atoms with Gasteiger partial charge < -0.3 is 19.1 Å². The van der Waals surface area contributed by atoms with Gasteiger partial charge in [-0.25, -0.2) is 19.8 Å². The van der Waals surface area contributed by atoms with E-state index in [2.05, 4.69) is 16.5 Å². The highest BCUT2D eigenvalue weighted by Crippen LogP contribution is 2.27. The van der Waals surface area contributed by atoms with Gasteiger partial charge in [0.15, 0.2) is 5.82 Å². The Kier molecular flexibility index (Phi) is 8.94. The van der Waals surface area contributed by atoms with Crippen LogP contribution in [0.2, 0.25) is 5.02 Å². The average Bonchev–Trinajstić information content (AvgIpc) is 3.20. The Morgan fingerprint density at radius 3 is 2.60 bits per heavy atom. The summed E-state index contributed by atoms with van der Waals surface area (Å²) < 4.78 is 13.9. The number of likely N-dealkylation sites (tertiary alicyclic amines) is 1. The average molecular weight is 564 g/mol. The summed E-state index contributed by atoms with van der Waals surface area (Å²) >= 11 is 6.01. The lowest BCUT2D eigenvalue weighted by Gasteiger charge is -2.32. The number of pyridine rings is 1. The molecule has 3 aromatic rings. The lowest BCUT2D eigenvalue weighted by Crippen LogP contribution is -2.39. The number of aliphatic carboxylic acids is 1.